The van der Waals surface area contributed by atoms with Crippen LogP contribution in [0.25, 0.3) is 11.5 Å². The van der Waals surface area contributed by atoms with E-state index < -0.39 is 5.91 Å². The maximum atomic E-state index is 12.3. The predicted octanol–water partition coefficient (Wildman–Crippen LogP) is 4.69. The van der Waals surface area contributed by atoms with Crippen molar-refractivity contribution in [2.24, 2.45) is 0 Å². The zero-order valence-corrected chi connectivity index (χ0v) is 14.6. The van der Waals surface area contributed by atoms with E-state index in [4.69, 9.17) is 32.4 Å². The number of nitrogens with zero attached hydrogens (tertiary/aromatic N) is 2. The zero-order chi connectivity index (χ0) is 17.8. The van der Waals surface area contributed by atoms with E-state index in [0.717, 1.165) is 5.75 Å². The molecule has 0 radical (unpaired) electrons. The summed E-state index contributed by atoms with van der Waals surface area (Å²) in [7, 11) is 0. The highest BCUT2D eigenvalue weighted by Crippen LogP contribution is 2.24. The summed E-state index contributed by atoms with van der Waals surface area (Å²) in [4.78, 5) is 12.3. The molecule has 3 aromatic rings. The van der Waals surface area contributed by atoms with Crippen molar-refractivity contribution < 1.29 is 13.9 Å². The summed E-state index contributed by atoms with van der Waals surface area (Å²) in [6.45, 7) is 2.50. The Labute approximate surface area is 153 Å². The number of aromatic nitrogens is 2. The lowest BCUT2D eigenvalue weighted by Gasteiger charge is -2.04. The number of carbonyl (C=O) groups is 1. The standard InChI is InChI=1S/C17H13Cl2N3O3/c1-2-24-12-6-3-10(4-7-12)16-21-22-17(25-16)20-15(23)13-9-11(18)5-8-14(13)19/h3-9H,2H2,1H3,(H,20,22,23). The van der Waals surface area contributed by atoms with Crippen molar-refractivity contribution >= 4 is 35.1 Å². The zero-order valence-electron chi connectivity index (χ0n) is 13.1. The van der Waals surface area contributed by atoms with Gasteiger partial charge in [0.25, 0.3) is 5.91 Å². The minimum absolute atomic E-state index is 0.0371. The van der Waals surface area contributed by atoms with Crippen LogP contribution in [0.3, 0.4) is 0 Å². The molecule has 0 bridgehead atoms. The molecule has 0 aliphatic carbocycles. The molecule has 6 nitrogen and oxygen atoms in total. The van der Waals surface area contributed by atoms with Gasteiger partial charge in [-0.2, -0.15) is 0 Å². The third kappa shape index (κ3) is 4.10. The first-order valence-corrected chi connectivity index (χ1v) is 8.15. The molecular weight excluding hydrogens is 365 g/mol. The number of carbonyl (C=O) groups excluding carboxylic acids is 1. The van der Waals surface area contributed by atoms with Crippen LogP contribution in [-0.2, 0) is 0 Å². The minimum Gasteiger partial charge on any atom is -0.494 e. The van der Waals surface area contributed by atoms with Crippen LogP contribution in [0, 0.1) is 0 Å². The quantitative estimate of drug-likeness (QED) is 0.697. The van der Waals surface area contributed by atoms with Crippen LogP contribution < -0.4 is 10.1 Å². The summed E-state index contributed by atoms with van der Waals surface area (Å²) >= 11 is 11.9. The van der Waals surface area contributed by atoms with Crippen molar-refractivity contribution in [3.8, 4) is 17.2 Å². The Morgan fingerprint density at radius 3 is 2.64 bits per heavy atom. The van der Waals surface area contributed by atoms with Gasteiger partial charge < -0.3 is 9.15 Å². The molecule has 128 valence electrons. The first kappa shape index (κ1) is 17.3. The first-order chi connectivity index (χ1) is 12.1. The van der Waals surface area contributed by atoms with Gasteiger partial charge in [0.05, 0.1) is 17.2 Å². The molecule has 0 aliphatic rings. The highest BCUT2D eigenvalue weighted by molar-refractivity contribution is 6.36. The molecule has 0 spiro atoms. The second-order valence-electron chi connectivity index (χ2n) is 4.95. The Kier molecular flexibility index (Phi) is 5.21. The average molecular weight is 378 g/mol. The molecule has 0 aliphatic heterocycles. The number of hydrogen-bond acceptors (Lipinski definition) is 5. The van der Waals surface area contributed by atoms with Crippen molar-refractivity contribution in [1.29, 1.82) is 0 Å². The summed E-state index contributed by atoms with van der Waals surface area (Å²) in [5.41, 5.74) is 0.923. The van der Waals surface area contributed by atoms with Gasteiger partial charge in [0.2, 0.25) is 5.89 Å². The molecule has 25 heavy (non-hydrogen) atoms. The summed E-state index contributed by atoms with van der Waals surface area (Å²) in [5.74, 6) is 0.528. The number of halogens is 2. The van der Waals surface area contributed by atoms with Crippen molar-refractivity contribution in [1.82, 2.24) is 10.2 Å². The molecule has 1 N–H and O–H groups in total. The van der Waals surface area contributed by atoms with E-state index in [9.17, 15) is 4.79 Å². The van der Waals surface area contributed by atoms with Gasteiger partial charge in [0, 0.05) is 10.6 Å². The van der Waals surface area contributed by atoms with Gasteiger partial charge in [0.1, 0.15) is 5.75 Å². The molecule has 0 atom stereocenters. The van der Waals surface area contributed by atoms with Crippen LogP contribution >= 0.6 is 23.2 Å². The Hall–Kier alpha value is -2.57. The monoisotopic (exact) mass is 377 g/mol. The number of nitrogens with one attached hydrogen (secondary N) is 1. The lowest BCUT2D eigenvalue weighted by atomic mass is 10.2. The average Bonchev–Trinajstić information content (AvgIpc) is 3.06. The fraction of sp³-hybridized carbons (Fsp3) is 0.118. The molecule has 8 heteroatoms. The Bertz CT molecular complexity index is 894. The number of rotatable bonds is 5. The summed E-state index contributed by atoms with van der Waals surface area (Å²) in [6, 6.07) is 11.7. The third-order valence-electron chi connectivity index (χ3n) is 3.23. The van der Waals surface area contributed by atoms with Crippen LogP contribution in [0.2, 0.25) is 10.0 Å². The molecule has 2 aromatic carbocycles. The Balaban J connectivity index is 1.75. The predicted molar refractivity (Wildman–Crippen MR) is 95.3 cm³/mol. The molecular formula is C17H13Cl2N3O3. The summed E-state index contributed by atoms with van der Waals surface area (Å²) < 4.78 is 10.8. The second-order valence-corrected chi connectivity index (χ2v) is 5.79. The van der Waals surface area contributed by atoms with Crippen LogP contribution in [0.4, 0.5) is 6.01 Å². The van der Waals surface area contributed by atoms with E-state index in [1.807, 2.05) is 6.92 Å². The van der Waals surface area contributed by atoms with Gasteiger partial charge in [-0.25, -0.2) is 0 Å². The highest BCUT2D eigenvalue weighted by atomic mass is 35.5. The number of hydrogen-bond donors (Lipinski definition) is 1. The third-order valence-corrected chi connectivity index (χ3v) is 3.80. The fourth-order valence-electron chi connectivity index (χ4n) is 2.09. The molecule has 3 rings (SSSR count). The number of anilines is 1. The van der Waals surface area contributed by atoms with Crippen LogP contribution in [0.1, 0.15) is 17.3 Å². The van der Waals surface area contributed by atoms with Gasteiger partial charge >= 0.3 is 6.01 Å². The summed E-state index contributed by atoms with van der Waals surface area (Å²) in [5, 5.41) is 10.9. The van der Waals surface area contributed by atoms with E-state index in [-0.39, 0.29) is 22.5 Å². The molecule has 0 unspecified atom stereocenters. The lowest BCUT2D eigenvalue weighted by molar-refractivity contribution is 0.102. The van der Waals surface area contributed by atoms with Crippen LogP contribution in [0.15, 0.2) is 46.9 Å². The topological polar surface area (TPSA) is 77.3 Å². The summed E-state index contributed by atoms with van der Waals surface area (Å²) in [6.07, 6.45) is 0. The number of ether oxygens (including phenoxy) is 1. The van der Waals surface area contributed by atoms with Crippen LogP contribution in [0.5, 0.6) is 5.75 Å². The van der Waals surface area contributed by atoms with Gasteiger partial charge in [-0.1, -0.05) is 28.3 Å². The Morgan fingerprint density at radius 2 is 1.92 bits per heavy atom. The molecule has 1 amide bonds. The SMILES string of the molecule is CCOc1ccc(-c2nnc(NC(=O)c3cc(Cl)ccc3Cl)o2)cc1. The first-order valence-electron chi connectivity index (χ1n) is 7.40. The fourth-order valence-corrected chi connectivity index (χ4v) is 2.46. The lowest BCUT2D eigenvalue weighted by Crippen LogP contribution is -2.12. The van der Waals surface area contributed by atoms with E-state index in [2.05, 4.69) is 15.5 Å². The van der Waals surface area contributed by atoms with E-state index in [1.165, 1.54) is 12.1 Å². The van der Waals surface area contributed by atoms with Crippen molar-refractivity contribution in [2.45, 2.75) is 6.92 Å². The van der Waals surface area contributed by atoms with Crippen molar-refractivity contribution in [2.75, 3.05) is 11.9 Å². The van der Waals surface area contributed by atoms with Crippen molar-refractivity contribution in [3.63, 3.8) is 0 Å². The second kappa shape index (κ2) is 7.55. The molecule has 0 saturated heterocycles. The normalized spacial score (nSPS) is 10.5. The number of amides is 1. The van der Waals surface area contributed by atoms with Crippen LogP contribution in [-0.4, -0.2) is 22.7 Å². The molecule has 0 fully saturated rings. The molecule has 0 saturated carbocycles. The van der Waals surface area contributed by atoms with Gasteiger partial charge in [0.15, 0.2) is 0 Å². The minimum atomic E-state index is -0.491. The highest BCUT2D eigenvalue weighted by Gasteiger charge is 2.15. The van der Waals surface area contributed by atoms with Crippen molar-refractivity contribution in [3.05, 3.63) is 58.1 Å². The number of benzene rings is 2. The van der Waals surface area contributed by atoms with Gasteiger partial charge in [-0.3, -0.25) is 10.1 Å². The maximum Gasteiger partial charge on any atom is 0.322 e. The maximum absolute atomic E-state index is 12.3. The Morgan fingerprint density at radius 1 is 1.16 bits per heavy atom. The van der Waals surface area contributed by atoms with Gasteiger partial charge in [-0.05, 0) is 49.4 Å². The smallest absolute Gasteiger partial charge is 0.322 e. The molecule has 1 aromatic heterocycles. The largest absolute Gasteiger partial charge is 0.494 e. The van der Waals surface area contributed by atoms with Gasteiger partial charge in [-0.15, -0.1) is 5.10 Å². The van der Waals surface area contributed by atoms with E-state index >= 15 is 0 Å². The van der Waals surface area contributed by atoms with E-state index in [1.54, 1.807) is 30.3 Å². The van der Waals surface area contributed by atoms with E-state index in [0.29, 0.717) is 17.2 Å². The molecule has 1 heterocycles.